The van der Waals surface area contributed by atoms with Crippen LogP contribution in [0, 0.1) is 18.3 Å². The Hall–Kier alpha value is -2.58. The molecule has 0 saturated carbocycles. The molecule has 0 unspecified atom stereocenters. The maximum absolute atomic E-state index is 12.6. The molecule has 0 aliphatic rings. The van der Waals surface area contributed by atoms with E-state index >= 15 is 0 Å². The summed E-state index contributed by atoms with van der Waals surface area (Å²) in [5.41, 5.74) is 2.72. The lowest BCUT2D eigenvalue weighted by atomic mass is 10.2. The Morgan fingerprint density at radius 2 is 1.60 bits per heavy atom. The van der Waals surface area contributed by atoms with Crippen molar-refractivity contribution in [3.8, 4) is 6.07 Å². The van der Waals surface area contributed by atoms with Crippen molar-refractivity contribution >= 4 is 21.6 Å². The van der Waals surface area contributed by atoms with Gasteiger partial charge in [0.05, 0.1) is 4.90 Å². The average Bonchev–Trinajstić information content (AvgIpc) is 2.62. The number of hydrogen-bond acceptors (Lipinski definition) is 4. The summed E-state index contributed by atoms with van der Waals surface area (Å²) in [6.07, 6.45) is 1.42. The van der Waals surface area contributed by atoms with Gasteiger partial charge in [-0.2, -0.15) is 5.26 Å². The first-order chi connectivity index (χ1) is 11.9. The molecule has 0 saturated heterocycles. The van der Waals surface area contributed by atoms with Gasteiger partial charge < -0.3 is 4.90 Å². The molecule has 0 heterocycles. The molecule has 0 fully saturated rings. The van der Waals surface area contributed by atoms with Crippen LogP contribution in [0.1, 0.15) is 25.0 Å². The fourth-order valence-electron chi connectivity index (χ4n) is 2.54. The second-order valence-corrected chi connectivity index (χ2v) is 7.62. The lowest BCUT2D eigenvalue weighted by Gasteiger charge is -2.20. The zero-order valence-electron chi connectivity index (χ0n) is 14.7. The van der Waals surface area contributed by atoms with Crippen LogP contribution in [0.25, 0.3) is 6.08 Å². The van der Waals surface area contributed by atoms with Crippen molar-refractivity contribution < 1.29 is 8.42 Å². The molecular weight excluding hydrogens is 332 g/mol. The van der Waals surface area contributed by atoms with E-state index in [-0.39, 0.29) is 9.80 Å². The summed E-state index contributed by atoms with van der Waals surface area (Å²) in [6, 6.07) is 15.9. The Morgan fingerprint density at radius 1 is 1.04 bits per heavy atom. The molecule has 0 amide bonds. The highest BCUT2D eigenvalue weighted by molar-refractivity contribution is 7.95. The standard InChI is InChI=1S/C20H22N2O2S/c1-4-22(5-2)18-10-8-17(9-11-18)14-20(15-21)25(23,24)19-12-6-16(3)7-13-19/h6-14H,4-5H2,1-3H3. The number of hydrogen-bond donors (Lipinski definition) is 0. The molecule has 0 aliphatic heterocycles. The number of aryl methyl sites for hydroxylation is 1. The highest BCUT2D eigenvalue weighted by Gasteiger charge is 2.20. The van der Waals surface area contributed by atoms with E-state index in [4.69, 9.17) is 0 Å². The number of rotatable bonds is 6. The van der Waals surface area contributed by atoms with Crippen molar-refractivity contribution in [1.29, 1.82) is 5.26 Å². The molecular formula is C20H22N2O2S. The van der Waals surface area contributed by atoms with Gasteiger partial charge in [-0.05, 0) is 56.7 Å². The van der Waals surface area contributed by atoms with Crippen LogP contribution in [0.5, 0.6) is 0 Å². The van der Waals surface area contributed by atoms with Crippen molar-refractivity contribution in [3.63, 3.8) is 0 Å². The van der Waals surface area contributed by atoms with Gasteiger partial charge in [0.2, 0.25) is 9.84 Å². The van der Waals surface area contributed by atoms with E-state index in [1.54, 1.807) is 12.1 Å². The van der Waals surface area contributed by atoms with Crippen molar-refractivity contribution in [2.24, 2.45) is 0 Å². The number of allylic oxidation sites excluding steroid dienone is 1. The Morgan fingerprint density at radius 3 is 2.08 bits per heavy atom. The van der Waals surface area contributed by atoms with Gasteiger partial charge in [0.25, 0.3) is 0 Å². The predicted molar refractivity (Wildman–Crippen MR) is 102 cm³/mol. The molecule has 0 aromatic heterocycles. The first-order valence-corrected chi connectivity index (χ1v) is 9.69. The third-order valence-electron chi connectivity index (χ3n) is 4.05. The van der Waals surface area contributed by atoms with E-state index in [0.29, 0.717) is 5.56 Å². The first kappa shape index (κ1) is 18.8. The van der Waals surface area contributed by atoms with Crippen LogP contribution < -0.4 is 4.90 Å². The lowest BCUT2D eigenvalue weighted by molar-refractivity contribution is 0.603. The number of benzene rings is 2. The summed E-state index contributed by atoms with van der Waals surface area (Å²) < 4.78 is 25.3. The molecule has 2 aromatic carbocycles. The van der Waals surface area contributed by atoms with Gasteiger partial charge in [0.15, 0.2) is 0 Å². The maximum Gasteiger partial charge on any atom is 0.216 e. The van der Waals surface area contributed by atoms with Crippen molar-refractivity contribution in [2.45, 2.75) is 25.7 Å². The van der Waals surface area contributed by atoms with E-state index in [1.807, 2.05) is 37.3 Å². The minimum absolute atomic E-state index is 0.130. The monoisotopic (exact) mass is 354 g/mol. The number of anilines is 1. The minimum Gasteiger partial charge on any atom is -0.372 e. The zero-order valence-corrected chi connectivity index (χ0v) is 15.5. The summed E-state index contributed by atoms with van der Waals surface area (Å²) in [7, 11) is -3.81. The topological polar surface area (TPSA) is 61.2 Å². The Balaban J connectivity index is 2.37. The van der Waals surface area contributed by atoms with E-state index in [2.05, 4.69) is 18.7 Å². The van der Waals surface area contributed by atoms with Crippen molar-refractivity contribution in [1.82, 2.24) is 0 Å². The van der Waals surface area contributed by atoms with E-state index < -0.39 is 9.84 Å². The van der Waals surface area contributed by atoms with E-state index in [9.17, 15) is 13.7 Å². The summed E-state index contributed by atoms with van der Waals surface area (Å²) in [4.78, 5) is 2.07. The Labute approximate surface area is 149 Å². The third kappa shape index (κ3) is 4.28. The molecule has 5 heteroatoms. The van der Waals surface area contributed by atoms with E-state index in [1.165, 1.54) is 18.2 Å². The Kier molecular flexibility index (Phi) is 6.00. The molecule has 0 radical (unpaired) electrons. The molecule has 2 aromatic rings. The molecule has 4 nitrogen and oxygen atoms in total. The molecule has 2 rings (SSSR count). The molecule has 0 bridgehead atoms. The van der Waals surface area contributed by atoms with Gasteiger partial charge in [-0.1, -0.05) is 29.8 Å². The molecule has 0 atom stereocenters. The van der Waals surface area contributed by atoms with Gasteiger partial charge in [0.1, 0.15) is 11.0 Å². The van der Waals surface area contributed by atoms with Gasteiger partial charge in [-0.3, -0.25) is 0 Å². The van der Waals surface area contributed by atoms with Crippen LogP contribution in [-0.2, 0) is 9.84 Å². The summed E-state index contributed by atoms with van der Waals surface area (Å²) in [6.45, 7) is 7.85. The first-order valence-electron chi connectivity index (χ1n) is 8.21. The molecule has 25 heavy (non-hydrogen) atoms. The minimum atomic E-state index is -3.81. The van der Waals surface area contributed by atoms with Gasteiger partial charge in [0, 0.05) is 18.8 Å². The smallest absolute Gasteiger partial charge is 0.216 e. The largest absolute Gasteiger partial charge is 0.372 e. The van der Waals surface area contributed by atoms with Crippen LogP contribution in [0.3, 0.4) is 0 Å². The summed E-state index contributed by atoms with van der Waals surface area (Å²) in [5.74, 6) is 0. The quantitative estimate of drug-likeness (QED) is 0.730. The summed E-state index contributed by atoms with van der Waals surface area (Å²) in [5, 5.41) is 9.35. The van der Waals surface area contributed by atoms with Crippen LogP contribution in [-0.4, -0.2) is 21.5 Å². The van der Waals surface area contributed by atoms with Crippen LogP contribution in [0.2, 0.25) is 0 Å². The van der Waals surface area contributed by atoms with Crippen LogP contribution >= 0.6 is 0 Å². The second-order valence-electron chi connectivity index (χ2n) is 5.70. The molecule has 0 spiro atoms. The average molecular weight is 354 g/mol. The fourth-order valence-corrected chi connectivity index (χ4v) is 3.70. The van der Waals surface area contributed by atoms with Gasteiger partial charge in [-0.15, -0.1) is 0 Å². The van der Waals surface area contributed by atoms with Crippen LogP contribution in [0.15, 0.2) is 58.3 Å². The van der Waals surface area contributed by atoms with Crippen molar-refractivity contribution in [2.75, 3.05) is 18.0 Å². The zero-order chi connectivity index (χ0) is 18.4. The third-order valence-corrected chi connectivity index (χ3v) is 5.73. The second kappa shape index (κ2) is 8.00. The maximum atomic E-state index is 12.6. The summed E-state index contributed by atoms with van der Waals surface area (Å²) >= 11 is 0. The molecule has 130 valence electrons. The number of nitriles is 1. The highest BCUT2D eigenvalue weighted by atomic mass is 32.2. The van der Waals surface area contributed by atoms with Gasteiger partial charge in [-0.25, -0.2) is 8.42 Å². The molecule has 0 N–H and O–H groups in total. The Bertz CT molecular complexity index is 886. The highest BCUT2D eigenvalue weighted by Crippen LogP contribution is 2.23. The fraction of sp³-hybridized carbons (Fsp3) is 0.250. The normalized spacial score (nSPS) is 11.8. The number of nitrogens with zero attached hydrogens (tertiary/aromatic N) is 2. The predicted octanol–water partition coefficient (Wildman–Crippen LogP) is 4.18. The lowest BCUT2D eigenvalue weighted by Crippen LogP contribution is -2.21. The van der Waals surface area contributed by atoms with Crippen molar-refractivity contribution in [3.05, 3.63) is 64.6 Å². The van der Waals surface area contributed by atoms with E-state index in [0.717, 1.165) is 24.3 Å². The SMILES string of the molecule is CCN(CC)c1ccc(C=C(C#N)S(=O)(=O)c2ccc(C)cc2)cc1. The van der Waals surface area contributed by atoms with Crippen LogP contribution in [0.4, 0.5) is 5.69 Å². The van der Waals surface area contributed by atoms with Gasteiger partial charge >= 0.3 is 0 Å². The molecule has 0 aliphatic carbocycles. The number of sulfone groups is 1.